The Balaban J connectivity index is 1.68. The lowest BCUT2D eigenvalue weighted by atomic mass is 9.85. The first-order valence-corrected chi connectivity index (χ1v) is 8.39. The van der Waals surface area contributed by atoms with Crippen molar-refractivity contribution in [2.75, 3.05) is 33.3 Å². The van der Waals surface area contributed by atoms with Crippen LogP contribution in [0.4, 0.5) is 4.39 Å². The number of amides is 1. The maximum absolute atomic E-state index is 12.8. The number of nitrogens with zero attached hydrogens (tertiary/aromatic N) is 1. The third kappa shape index (κ3) is 5.82. The molecule has 1 aromatic rings. The molecule has 4 nitrogen and oxygen atoms in total. The van der Waals surface area contributed by atoms with Gasteiger partial charge in [-0.05, 0) is 62.0 Å². The normalized spacial score (nSPS) is 19.2. The molecule has 0 aliphatic carbocycles. The molecule has 2 atom stereocenters. The van der Waals surface area contributed by atoms with Gasteiger partial charge in [0.15, 0.2) is 0 Å². The smallest absolute Gasteiger partial charge is 0.222 e. The first kappa shape index (κ1) is 17.7. The van der Waals surface area contributed by atoms with Gasteiger partial charge in [0.1, 0.15) is 18.2 Å². The number of carbonyl (C=O) groups is 1. The fraction of sp³-hybridized carbons (Fsp3) is 0.611. The van der Waals surface area contributed by atoms with Crippen LogP contribution >= 0.6 is 0 Å². The molecule has 1 aromatic carbocycles. The van der Waals surface area contributed by atoms with E-state index in [0.29, 0.717) is 37.2 Å². The zero-order chi connectivity index (χ0) is 16.7. The molecule has 0 bridgehead atoms. The van der Waals surface area contributed by atoms with Crippen molar-refractivity contribution in [2.24, 2.45) is 11.8 Å². The van der Waals surface area contributed by atoms with Crippen molar-refractivity contribution in [2.45, 2.75) is 26.2 Å². The summed E-state index contributed by atoms with van der Waals surface area (Å²) in [6, 6.07) is 5.92. The van der Waals surface area contributed by atoms with Crippen LogP contribution in [0.2, 0.25) is 0 Å². The highest BCUT2D eigenvalue weighted by Gasteiger charge is 2.23. The van der Waals surface area contributed by atoms with Gasteiger partial charge < -0.3 is 15.0 Å². The summed E-state index contributed by atoms with van der Waals surface area (Å²) in [5, 5.41) is 3.40. The van der Waals surface area contributed by atoms with Crippen LogP contribution in [-0.2, 0) is 4.79 Å². The van der Waals surface area contributed by atoms with Gasteiger partial charge in [0, 0.05) is 13.5 Å². The molecule has 0 saturated carbocycles. The fourth-order valence-corrected chi connectivity index (χ4v) is 2.92. The summed E-state index contributed by atoms with van der Waals surface area (Å²) in [5.41, 5.74) is 0. The molecule has 1 amide bonds. The second kappa shape index (κ2) is 8.87. The van der Waals surface area contributed by atoms with E-state index in [1.54, 1.807) is 17.0 Å². The predicted octanol–water partition coefficient (Wildman–Crippen LogP) is 2.69. The largest absolute Gasteiger partial charge is 0.492 e. The molecule has 23 heavy (non-hydrogen) atoms. The molecule has 0 spiro atoms. The fourth-order valence-electron chi connectivity index (χ4n) is 2.92. The molecular weight excluding hydrogens is 295 g/mol. The summed E-state index contributed by atoms with van der Waals surface area (Å²) in [6.45, 7) is 5.22. The van der Waals surface area contributed by atoms with E-state index in [1.807, 2.05) is 7.05 Å². The second-order valence-corrected chi connectivity index (χ2v) is 6.41. The summed E-state index contributed by atoms with van der Waals surface area (Å²) >= 11 is 0. The van der Waals surface area contributed by atoms with Crippen LogP contribution in [0, 0.1) is 17.7 Å². The maximum atomic E-state index is 12.8. The SMILES string of the molecule is CC(CC(=O)N(C)CCOc1ccc(F)cc1)C1CCCNC1. The third-order valence-electron chi connectivity index (χ3n) is 4.57. The quantitative estimate of drug-likeness (QED) is 0.839. The van der Waals surface area contributed by atoms with Crippen LogP contribution in [0.5, 0.6) is 5.75 Å². The number of benzene rings is 1. The monoisotopic (exact) mass is 322 g/mol. The molecule has 1 saturated heterocycles. The van der Waals surface area contributed by atoms with Gasteiger partial charge in [0.2, 0.25) is 5.91 Å². The molecule has 5 heteroatoms. The van der Waals surface area contributed by atoms with Crippen LogP contribution < -0.4 is 10.1 Å². The maximum Gasteiger partial charge on any atom is 0.222 e. The summed E-state index contributed by atoms with van der Waals surface area (Å²) in [5.74, 6) is 1.49. The summed E-state index contributed by atoms with van der Waals surface area (Å²) in [6.07, 6.45) is 2.99. The lowest BCUT2D eigenvalue weighted by Gasteiger charge is -2.29. The first-order chi connectivity index (χ1) is 11.1. The van der Waals surface area contributed by atoms with E-state index in [0.717, 1.165) is 13.1 Å². The second-order valence-electron chi connectivity index (χ2n) is 6.41. The standard InChI is InChI=1S/C18H27FN2O2/c1-14(15-4-3-9-20-13-15)12-18(22)21(2)10-11-23-17-7-5-16(19)6-8-17/h5-8,14-15,20H,3-4,9-13H2,1-2H3. The molecule has 128 valence electrons. The highest BCUT2D eigenvalue weighted by molar-refractivity contribution is 5.76. The Bertz CT molecular complexity index is 486. The molecule has 2 rings (SSSR count). The van der Waals surface area contributed by atoms with Gasteiger partial charge in [-0.15, -0.1) is 0 Å². The Morgan fingerprint density at radius 1 is 1.43 bits per heavy atom. The molecule has 2 unspecified atom stereocenters. The molecule has 1 aliphatic heterocycles. The lowest BCUT2D eigenvalue weighted by Crippen LogP contribution is -2.37. The molecule has 1 heterocycles. The molecule has 0 aromatic heterocycles. The van der Waals surface area contributed by atoms with E-state index in [4.69, 9.17) is 4.74 Å². The van der Waals surface area contributed by atoms with Crippen molar-refractivity contribution in [1.29, 1.82) is 0 Å². The van der Waals surface area contributed by atoms with E-state index in [9.17, 15) is 9.18 Å². The minimum absolute atomic E-state index is 0.158. The zero-order valence-corrected chi connectivity index (χ0v) is 14.1. The molecular formula is C18H27FN2O2. The van der Waals surface area contributed by atoms with E-state index in [2.05, 4.69) is 12.2 Å². The number of rotatable bonds is 7. The van der Waals surface area contributed by atoms with Crippen LogP contribution in [0.15, 0.2) is 24.3 Å². The minimum Gasteiger partial charge on any atom is -0.492 e. The first-order valence-electron chi connectivity index (χ1n) is 8.39. The van der Waals surface area contributed by atoms with Crippen molar-refractivity contribution >= 4 is 5.91 Å². The van der Waals surface area contributed by atoms with Crippen molar-refractivity contribution < 1.29 is 13.9 Å². The van der Waals surface area contributed by atoms with E-state index < -0.39 is 0 Å². The highest BCUT2D eigenvalue weighted by Crippen LogP contribution is 2.23. The van der Waals surface area contributed by atoms with Crippen LogP contribution in [-0.4, -0.2) is 44.1 Å². The van der Waals surface area contributed by atoms with E-state index in [-0.39, 0.29) is 11.7 Å². The highest BCUT2D eigenvalue weighted by atomic mass is 19.1. The topological polar surface area (TPSA) is 41.6 Å². The summed E-state index contributed by atoms with van der Waals surface area (Å²) in [7, 11) is 1.81. The Labute approximate surface area is 138 Å². The van der Waals surface area contributed by atoms with Crippen molar-refractivity contribution in [1.82, 2.24) is 10.2 Å². The third-order valence-corrected chi connectivity index (χ3v) is 4.57. The van der Waals surface area contributed by atoms with Crippen LogP contribution in [0.25, 0.3) is 0 Å². The molecule has 0 radical (unpaired) electrons. The average molecular weight is 322 g/mol. The number of carbonyl (C=O) groups excluding carboxylic acids is 1. The average Bonchev–Trinajstić information content (AvgIpc) is 2.57. The van der Waals surface area contributed by atoms with Crippen molar-refractivity contribution in [3.8, 4) is 5.75 Å². The van der Waals surface area contributed by atoms with E-state index >= 15 is 0 Å². The van der Waals surface area contributed by atoms with Crippen LogP contribution in [0.1, 0.15) is 26.2 Å². The Morgan fingerprint density at radius 3 is 2.83 bits per heavy atom. The Kier molecular flexibility index (Phi) is 6.84. The van der Waals surface area contributed by atoms with Gasteiger partial charge in [-0.2, -0.15) is 0 Å². The van der Waals surface area contributed by atoms with E-state index in [1.165, 1.54) is 25.0 Å². The van der Waals surface area contributed by atoms with Gasteiger partial charge in [-0.1, -0.05) is 6.92 Å². The zero-order valence-electron chi connectivity index (χ0n) is 14.1. The number of hydrogen-bond donors (Lipinski definition) is 1. The summed E-state index contributed by atoms with van der Waals surface area (Å²) < 4.78 is 18.3. The van der Waals surface area contributed by atoms with Gasteiger partial charge in [0.25, 0.3) is 0 Å². The Hall–Kier alpha value is -1.62. The Morgan fingerprint density at radius 2 is 2.17 bits per heavy atom. The lowest BCUT2D eigenvalue weighted by molar-refractivity contribution is -0.131. The molecule has 1 fully saturated rings. The van der Waals surface area contributed by atoms with Crippen molar-refractivity contribution in [3.63, 3.8) is 0 Å². The number of halogens is 1. The van der Waals surface area contributed by atoms with Gasteiger partial charge in [0.05, 0.1) is 6.54 Å². The number of nitrogens with one attached hydrogen (secondary N) is 1. The van der Waals surface area contributed by atoms with Gasteiger partial charge in [-0.25, -0.2) is 4.39 Å². The van der Waals surface area contributed by atoms with Gasteiger partial charge >= 0.3 is 0 Å². The number of ether oxygens (including phenoxy) is 1. The molecule has 1 N–H and O–H groups in total. The van der Waals surface area contributed by atoms with Crippen LogP contribution in [0.3, 0.4) is 0 Å². The number of likely N-dealkylation sites (N-methyl/N-ethyl adjacent to an activating group) is 1. The predicted molar refractivity (Wildman–Crippen MR) is 88.9 cm³/mol. The number of hydrogen-bond acceptors (Lipinski definition) is 3. The molecule has 1 aliphatic rings. The van der Waals surface area contributed by atoms with Gasteiger partial charge in [-0.3, -0.25) is 4.79 Å². The van der Waals surface area contributed by atoms with Crippen molar-refractivity contribution in [3.05, 3.63) is 30.1 Å². The number of piperidine rings is 1. The summed E-state index contributed by atoms with van der Waals surface area (Å²) in [4.78, 5) is 14.0. The minimum atomic E-state index is -0.282.